The second-order valence-electron chi connectivity index (χ2n) is 8.15. The van der Waals surface area contributed by atoms with E-state index in [4.69, 9.17) is 9.72 Å². The first-order chi connectivity index (χ1) is 16.7. The molecule has 0 saturated heterocycles. The molecule has 34 heavy (non-hydrogen) atoms. The molecule has 6 heteroatoms. The number of aromatic nitrogens is 2. The summed E-state index contributed by atoms with van der Waals surface area (Å²) in [5.41, 5.74) is 2.59. The van der Waals surface area contributed by atoms with Gasteiger partial charge in [-0.15, -0.1) is 0 Å². The Morgan fingerprint density at radius 2 is 1.53 bits per heavy atom. The zero-order valence-corrected chi connectivity index (χ0v) is 19.2. The van der Waals surface area contributed by atoms with Crippen molar-refractivity contribution >= 4 is 22.7 Å². The molecule has 0 aliphatic heterocycles. The molecule has 0 spiro atoms. The van der Waals surface area contributed by atoms with Gasteiger partial charge in [0.2, 0.25) is 0 Å². The molecule has 4 aromatic rings. The number of carbonyl (C=O) groups excluding carboxylic acids is 2. The van der Waals surface area contributed by atoms with Crippen molar-refractivity contribution in [2.45, 2.75) is 32.2 Å². The Balaban J connectivity index is 1.25. The van der Waals surface area contributed by atoms with Crippen molar-refractivity contribution < 1.29 is 14.3 Å². The predicted molar refractivity (Wildman–Crippen MR) is 133 cm³/mol. The maximum absolute atomic E-state index is 12.8. The van der Waals surface area contributed by atoms with E-state index in [0.29, 0.717) is 17.9 Å². The van der Waals surface area contributed by atoms with Gasteiger partial charge in [-0.05, 0) is 37.1 Å². The smallest absolute Gasteiger partial charge is 0.257 e. The van der Waals surface area contributed by atoms with Crippen molar-refractivity contribution in [2.75, 3.05) is 13.2 Å². The largest absolute Gasteiger partial charge is 0.484 e. The average Bonchev–Trinajstić information content (AvgIpc) is 3.23. The van der Waals surface area contributed by atoms with Crippen LogP contribution in [0.25, 0.3) is 11.0 Å². The molecular weight excluding hydrogens is 426 g/mol. The van der Waals surface area contributed by atoms with E-state index in [1.165, 1.54) is 0 Å². The van der Waals surface area contributed by atoms with Crippen LogP contribution in [0, 0.1) is 0 Å². The number of fused-ring (bicyclic) bond motifs is 1. The van der Waals surface area contributed by atoms with Gasteiger partial charge in [0.15, 0.2) is 12.4 Å². The van der Waals surface area contributed by atoms with Crippen molar-refractivity contribution in [3.63, 3.8) is 0 Å². The Hall–Kier alpha value is -3.93. The minimum absolute atomic E-state index is 0.0173. The molecule has 0 aliphatic rings. The van der Waals surface area contributed by atoms with Gasteiger partial charge in [0.05, 0.1) is 17.6 Å². The first kappa shape index (κ1) is 23.2. The number of unbranched alkanes of at least 4 members (excludes halogenated alkanes) is 2. The average molecular weight is 456 g/mol. The lowest BCUT2D eigenvalue weighted by Gasteiger charge is -2.09. The van der Waals surface area contributed by atoms with Crippen molar-refractivity contribution in [3.05, 3.63) is 96.3 Å². The zero-order chi connectivity index (χ0) is 23.6. The summed E-state index contributed by atoms with van der Waals surface area (Å²) in [5, 5.41) is 2.90. The third-order valence-corrected chi connectivity index (χ3v) is 5.64. The highest BCUT2D eigenvalue weighted by Crippen LogP contribution is 2.19. The van der Waals surface area contributed by atoms with Gasteiger partial charge in [0.1, 0.15) is 11.6 Å². The number of rotatable bonds is 12. The molecule has 0 bridgehead atoms. The van der Waals surface area contributed by atoms with Crippen LogP contribution in [0.15, 0.2) is 84.9 Å². The number of Topliss-reactive ketones (excluding diaryl/α,β-unsaturated/α-hetero) is 1. The van der Waals surface area contributed by atoms with Crippen LogP contribution in [0.1, 0.15) is 35.4 Å². The predicted octanol–water partition coefficient (Wildman–Crippen LogP) is 4.83. The van der Waals surface area contributed by atoms with Crippen molar-refractivity contribution in [3.8, 4) is 5.75 Å². The van der Waals surface area contributed by atoms with Gasteiger partial charge in [-0.3, -0.25) is 9.59 Å². The fourth-order valence-electron chi connectivity index (χ4n) is 3.88. The molecular formula is C28H29N3O3. The van der Waals surface area contributed by atoms with Crippen molar-refractivity contribution in [2.24, 2.45) is 0 Å². The van der Waals surface area contributed by atoms with Gasteiger partial charge < -0.3 is 14.6 Å². The summed E-state index contributed by atoms with van der Waals surface area (Å²) in [6.45, 7) is 0.903. The number of nitrogens with zero attached hydrogens (tertiary/aromatic N) is 2. The molecule has 0 unspecified atom stereocenters. The maximum Gasteiger partial charge on any atom is 0.257 e. The summed E-state index contributed by atoms with van der Waals surface area (Å²) in [4.78, 5) is 29.6. The van der Waals surface area contributed by atoms with E-state index in [-0.39, 0.29) is 24.8 Å². The standard InChI is InChI=1S/C28H29N3O3/c32-26(22-12-4-1-5-13-22)20-31-25-17-10-9-16-24(25)30-27(31)18-8-3-11-19-29-28(33)21-34-23-14-6-2-7-15-23/h1-2,4-7,9-10,12-17H,3,8,11,18-21H2,(H,29,33). The molecule has 0 saturated carbocycles. The number of ketones is 1. The molecule has 3 aromatic carbocycles. The molecule has 1 aromatic heterocycles. The second kappa shape index (κ2) is 11.8. The molecule has 0 atom stereocenters. The Bertz CT molecular complexity index is 1220. The molecule has 0 fully saturated rings. The Morgan fingerprint density at radius 3 is 2.32 bits per heavy atom. The third-order valence-electron chi connectivity index (χ3n) is 5.64. The van der Waals surface area contributed by atoms with E-state index in [0.717, 1.165) is 42.5 Å². The summed E-state index contributed by atoms with van der Waals surface area (Å²) < 4.78 is 7.49. The molecule has 6 nitrogen and oxygen atoms in total. The number of imidazole rings is 1. The molecule has 4 rings (SSSR count). The number of hydrogen-bond acceptors (Lipinski definition) is 4. The lowest BCUT2D eigenvalue weighted by Crippen LogP contribution is -2.29. The highest BCUT2D eigenvalue weighted by atomic mass is 16.5. The summed E-state index contributed by atoms with van der Waals surface area (Å²) in [7, 11) is 0. The second-order valence-corrected chi connectivity index (χ2v) is 8.15. The number of para-hydroxylation sites is 3. The summed E-state index contributed by atoms with van der Waals surface area (Å²) in [6.07, 6.45) is 3.54. The fraction of sp³-hybridized carbons (Fsp3) is 0.250. The monoisotopic (exact) mass is 455 g/mol. The molecule has 0 aliphatic carbocycles. The van der Waals surface area contributed by atoms with E-state index in [9.17, 15) is 9.59 Å². The lowest BCUT2D eigenvalue weighted by molar-refractivity contribution is -0.123. The van der Waals surface area contributed by atoms with Crippen LogP contribution in [-0.4, -0.2) is 34.4 Å². The number of aryl methyl sites for hydroxylation is 1. The van der Waals surface area contributed by atoms with Gasteiger partial charge in [0.25, 0.3) is 5.91 Å². The van der Waals surface area contributed by atoms with Gasteiger partial charge in [-0.2, -0.15) is 0 Å². The number of nitrogens with one attached hydrogen (secondary N) is 1. The fourth-order valence-corrected chi connectivity index (χ4v) is 3.88. The highest BCUT2D eigenvalue weighted by molar-refractivity contribution is 5.96. The summed E-state index contributed by atoms with van der Waals surface area (Å²) in [5.74, 6) is 1.56. The number of carbonyl (C=O) groups is 2. The van der Waals surface area contributed by atoms with E-state index in [1.807, 2.05) is 89.5 Å². The van der Waals surface area contributed by atoms with Crippen molar-refractivity contribution in [1.29, 1.82) is 0 Å². The van der Waals surface area contributed by atoms with E-state index < -0.39 is 0 Å². The van der Waals surface area contributed by atoms with Crippen LogP contribution in [0.5, 0.6) is 5.75 Å². The van der Waals surface area contributed by atoms with Crippen LogP contribution in [-0.2, 0) is 17.8 Å². The molecule has 0 radical (unpaired) electrons. The van der Waals surface area contributed by atoms with Gasteiger partial charge >= 0.3 is 0 Å². The van der Waals surface area contributed by atoms with E-state index >= 15 is 0 Å². The quantitative estimate of drug-likeness (QED) is 0.245. The summed E-state index contributed by atoms with van der Waals surface area (Å²) >= 11 is 0. The van der Waals surface area contributed by atoms with E-state index in [2.05, 4.69) is 5.32 Å². The molecule has 1 N–H and O–H groups in total. The van der Waals surface area contributed by atoms with Crippen LogP contribution < -0.4 is 10.1 Å². The van der Waals surface area contributed by atoms with Crippen LogP contribution in [0.2, 0.25) is 0 Å². The van der Waals surface area contributed by atoms with E-state index in [1.54, 1.807) is 0 Å². The van der Waals surface area contributed by atoms with Crippen LogP contribution in [0.3, 0.4) is 0 Å². The third kappa shape index (κ3) is 6.32. The lowest BCUT2D eigenvalue weighted by atomic mass is 10.1. The Labute approximate surface area is 199 Å². The normalized spacial score (nSPS) is 10.8. The molecule has 1 amide bonds. The van der Waals surface area contributed by atoms with Crippen LogP contribution >= 0.6 is 0 Å². The van der Waals surface area contributed by atoms with Crippen LogP contribution in [0.4, 0.5) is 0 Å². The highest BCUT2D eigenvalue weighted by Gasteiger charge is 2.14. The first-order valence-corrected chi connectivity index (χ1v) is 11.7. The first-order valence-electron chi connectivity index (χ1n) is 11.7. The number of ether oxygens (including phenoxy) is 1. The minimum atomic E-state index is -0.120. The van der Waals surface area contributed by atoms with Crippen molar-refractivity contribution in [1.82, 2.24) is 14.9 Å². The topological polar surface area (TPSA) is 73.2 Å². The Morgan fingerprint density at radius 1 is 0.824 bits per heavy atom. The number of amides is 1. The number of benzene rings is 3. The maximum atomic E-state index is 12.8. The van der Waals surface area contributed by atoms with Gasteiger partial charge in [0, 0.05) is 18.5 Å². The SMILES string of the molecule is O=C(COc1ccccc1)NCCCCCc1nc2ccccc2n1CC(=O)c1ccccc1. The number of hydrogen-bond donors (Lipinski definition) is 1. The minimum Gasteiger partial charge on any atom is -0.484 e. The molecule has 174 valence electrons. The summed E-state index contributed by atoms with van der Waals surface area (Å²) in [6, 6.07) is 26.6. The van der Waals surface area contributed by atoms with Gasteiger partial charge in [-0.1, -0.05) is 67.1 Å². The van der Waals surface area contributed by atoms with Gasteiger partial charge in [-0.25, -0.2) is 4.98 Å². The molecule has 1 heterocycles. The Kier molecular flexibility index (Phi) is 8.06. The zero-order valence-electron chi connectivity index (χ0n) is 19.2.